The summed E-state index contributed by atoms with van der Waals surface area (Å²) in [6, 6.07) is 4.41. The molecular formula is C22H34ClN5O3Si. The van der Waals surface area contributed by atoms with Crippen LogP contribution in [0.3, 0.4) is 0 Å². The Morgan fingerprint density at radius 3 is 2.62 bits per heavy atom. The van der Waals surface area contributed by atoms with E-state index in [1.54, 1.807) is 17.2 Å². The molecule has 0 aromatic carbocycles. The molecule has 0 spiro atoms. The van der Waals surface area contributed by atoms with Crippen LogP contribution >= 0.6 is 11.6 Å². The van der Waals surface area contributed by atoms with Gasteiger partial charge in [-0.25, -0.2) is 9.78 Å². The van der Waals surface area contributed by atoms with E-state index < -0.39 is 13.7 Å². The SMILES string of the molecule is CC(C)(C)OC(=O)N1CCCC1c1ncc(-c2ccc(Cl)nn2)n1COCC[Si](C)(C)C. The van der Waals surface area contributed by atoms with Gasteiger partial charge in [-0.15, -0.1) is 10.2 Å². The largest absolute Gasteiger partial charge is 0.444 e. The minimum atomic E-state index is -1.21. The molecular weight excluding hydrogens is 446 g/mol. The Bertz CT molecular complexity index is 921. The van der Waals surface area contributed by atoms with Gasteiger partial charge in [-0.1, -0.05) is 31.2 Å². The van der Waals surface area contributed by atoms with E-state index in [1.165, 1.54) is 0 Å². The number of carbonyl (C=O) groups excluding carboxylic acids is 1. The van der Waals surface area contributed by atoms with Gasteiger partial charge in [0, 0.05) is 21.2 Å². The first-order valence-electron chi connectivity index (χ1n) is 11.1. The Morgan fingerprint density at radius 2 is 2.00 bits per heavy atom. The maximum absolute atomic E-state index is 12.8. The highest BCUT2D eigenvalue weighted by molar-refractivity contribution is 6.76. The first-order valence-corrected chi connectivity index (χ1v) is 15.2. The van der Waals surface area contributed by atoms with Crippen LogP contribution < -0.4 is 0 Å². The number of carbonyl (C=O) groups is 1. The Balaban J connectivity index is 1.88. The van der Waals surface area contributed by atoms with Crippen LogP contribution in [0.5, 0.6) is 0 Å². The molecule has 0 saturated carbocycles. The number of nitrogens with zero attached hydrogens (tertiary/aromatic N) is 5. The van der Waals surface area contributed by atoms with Gasteiger partial charge in [0.1, 0.15) is 23.9 Å². The number of aromatic nitrogens is 4. The van der Waals surface area contributed by atoms with Crippen LogP contribution in [0.1, 0.15) is 45.5 Å². The van der Waals surface area contributed by atoms with Crippen LogP contribution in [0.25, 0.3) is 11.4 Å². The fourth-order valence-corrected chi connectivity index (χ4v) is 4.41. The minimum Gasteiger partial charge on any atom is -0.444 e. The predicted octanol–water partition coefficient (Wildman–Crippen LogP) is 5.38. The average molecular weight is 480 g/mol. The summed E-state index contributed by atoms with van der Waals surface area (Å²) in [6.45, 7) is 14.2. The molecule has 8 nitrogen and oxygen atoms in total. The molecule has 2 aromatic rings. The summed E-state index contributed by atoms with van der Waals surface area (Å²) in [6.07, 6.45) is 3.16. The topological polar surface area (TPSA) is 82.4 Å². The summed E-state index contributed by atoms with van der Waals surface area (Å²) in [5, 5.41) is 8.52. The van der Waals surface area contributed by atoms with E-state index in [2.05, 4.69) is 29.8 Å². The zero-order valence-electron chi connectivity index (χ0n) is 19.9. The van der Waals surface area contributed by atoms with Crippen molar-refractivity contribution >= 4 is 25.8 Å². The van der Waals surface area contributed by atoms with Crippen LogP contribution in [-0.2, 0) is 16.2 Å². The van der Waals surface area contributed by atoms with Crippen LogP contribution in [0.2, 0.25) is 30.8 Å². The normalized spacial score (nSPS) is 17.1. The molecule has 0 N–H and O–H groups in total. The summed E-state index contributed by atoms with van der Waals surface area (Å²) in [7, 11) is -1.21. The number of likely N-dealkylation sites (tertiary alicyclic amines) is 1. The lowest BCUT2D eigenvalue weighted by Crippen LogP contribution is -2.37. The average Bonchev–Trinajstić information content (AvgIpc) is 3.30. The van der Waals surface area contributed by atoms with Crippen molar-refractivity contribution in [2.45, 2.75) is 77.7 Å². The number of ether oxygens (including phenoxy) is 2. The van der Waals surface area contributed by atoms with E-state index in [-0.39, 0.29) is 12.1 Å². The second kappa shape index (κ2) is 9.89. The summed E-state index contributed by atoms with van der Waals surface area (Å²) in [5.41, 5.74) is 0.890. The van der Waals surface area contributed by atoms with Gasteiger partial charge >= 0.3 is 6.09 Å². The van der Waals surface area contributed by atoms with Crippen molar-refractivity contribution in [2.24, 2.45) is 0 Å². The molecule has 0 radical (unpaired) electrons. The third kappa shape index (κ3) is 6.52. The molecule has 1 saturated heterocycles. The van der Waals surface area contributed by atoms with E-state index >= 15 is 0 Å². The van der Waals surface area contributed by atoms with E-state index in [9.17, 15) is 4.79 Å². The molecule has 1 aliphatic heterocycles. The lowest BCUT2D eigenvalue weighted by molar-refractivity contribution is 0.0204. The Labute approximate surface area is 196 Å². The van der Waals surface area contributed by atoms with Crippen molar-refractivity contribution in [3.8, 4) is 11.4 Å². The van der Waals surface area contributed by atoms with Crippen molar-refractivity contribution in [2.75, 3.05) is 13.2 Å². The molecule has 0 bridgehead atoms. The molecule has 3 rings (SSSR count). The van der Waals surface area contributed by atoms with Gasteiger partial charge in [-0.3, -0.25) is 4.90 Å². The smallest absolute Gasteiger partial charge is 0.410 e. The lowest BCUT2D eigenvalue weighted by atomic mass is 10.2. The van der Waals surface area contributed by atoms with Crippen molar-refractivity contribution in [3.63, 3.8) is 0 Å². The van der Waals surface area contributed by atoms with Crippen LogP contribution in [0.4, 0.5) is 4.79 Å². The molecule has 1 unspecified atom stereocenters. The van der Waals surface area contributed by atoms with Crippen molar-refractivity contribution in [1.29, 1.82) is 0 Å². The highest BCUT2D eigenvalue weighted by Gasteiger charge is 2.36. The second-order valence-corrected chi connectivity index (χ2v) is 16.4. The molecule has 1 aliphatic rings. The van der Waals surface area contributed by atoms with Gasteiger partial charge in [-0.2, -0.15) is 0 Å². The van der Waals surface area contributed by atoms with Gasteiger partial charge in [0.05, 0.1) is 17.9 Å². The number of hydrogen-bond donors (Lipinski definition) is 0. The Kier molecular flexibility index (Phi) is 7.62. The van der Waals surface area contributed by atoms with Gasteiger partial charge in [-0.05, 0) is 51.8 Å². The number of amides is 1. The molecule has 176 valence electrons. The first-order chi connectivity index (χ1) is 14.9. The standard InChI is InChI=1S/C22H34ClN5O3Si/c1-22(2,3)31-21(29)27-11-7-8-17(27)20-24-14-18(16-9-10-19(23)26-25-16)28(20)15-30-12-13-32(4,5)6/h9-10,14,17H,7-8,11-13,15H2,1-6H3. The number of halogens is 1. The first kappa shape index (κ1) is 24.7. The zero-order chi connectivity index (χ0) is 23.5. The fraction of sp³-hybridized carbons (Fsp3) is 0.636. The summed E-state index contributed by atoms with van der Waals surface area (Å²) in [5.74, 6) is 0.771. The van der Waals surface area contributed by atoms with Crippen molar-refractivity contribution < 1.29 is 14.3 Å². The molecule has 3 heterocycles. The van der Waals surface area contributed by atoms with Gasteiger partial charge in [0.2, 0.25) is 0 Å². The molecule has 32 heavy (non-hydrogen) atoms. The lowest BCUT2D eigenvalue weighted by Gasteiger charge is -2.29. The third-order valence-corrected chi connectivity index (χ3v) is 7.08. The monoisotopic (exact) mass is 479 g/mol. The zero-order valence-corrected chi connectivity index (χ0v) is 21.6. The summed E-state index contributed by atoms with van der Waals surface area (Å²) >= 11 is 5.92. The van der Waals surface area contributed by atoms with E-state index in [4.69, 9.17) is 26.1 Å². The highest BCUT2D eigenvalue weighted by atomic mass is 35.5. The summed E-state index contributed by atoms with van der Waals surface area (Å²) < 4.78 is 13.7. The van der Waals surface area contributed by atoms with E-state index in [1.807, 2.05) is 31.4 Å². The van der Waals surface area contributed by atoms with Crippen LogP contribution in [-0.4, -0.2) is 57.6 Å². The highest BCUT2D eigenvalue weighted by Crippen LogP contribution is 2.34. The number of hydrogen-bond acceptors (Lipinski definition) is 6. The van der Waals surface area contributed by atoms with E-state index in [0.717, 1.165) is 30.4 Å². The fourth-order valence-electron chi connectivity index (χ4n) is 3.56. The Hall–Kier alpha value is -1.97. The third-order valence-electron chi connectivity index (χ3n) is 5.18. The molecule has 1 atom stereocenters. The maximum atomic E-state index is 12.8. The number of rotatable bonds is 7. The molecule has 1 fully saturated rings. The molecule has 10 heteroatoms. The Morgan fingerprint density at radius 1 is 1.25 bits per heavy atom. The van der Waals surface area contributed by atoms with Gasteiger partial charge in [0.25, 0.3) is 0 Å². The number of imidazole rings is 1. The van der Waals surface area contributed by atoms with Crippen LogP contribution in [0, 0.1) is 0 Å². The van der Waals surface area contributed by atoms with E-state index in [0.29, 0.717) is 30.7 Å². The molecule has 2 aromatic heterocycles. The maximum Gasteiger partial charge on any atom is 0.410 e. The van der Waals surface area contributed by atoms with Crippen LogP contribution in [0.15, 0.2) is 18.3 Å². The quantitative estimate of drug-likeness (QED) is 0.391. The summed E-state index contributed by atoms with van der Waals surface area (Å²) in [4.78, 5) is 19.3. The minimum absolute atomic E-state index is 0.181. The molecule has 0 aliphatic carbocycles. The predicted molar refractivity (Wildman–Crippen MR) is 127 cm³/mol. The van der Waals surface area contributed by atoms with Gasteiger partial charge < -0.3 is 14.0 Å². The molecule has 1 amide bonds. The van der Waals surface area contributed by atoms with Gasteiger partial charge in [0.15, 0.2) is 5.15 Å². The van der Waals surface area contributed by atoms with Crippen molar-refractivity contribution in [3.05, 3.63) is 29.3 Å². The van der Waals surface area contributed by atoms with Crippen molar-refractivity contribution in [1.82, 2.24) is 24.6 Å². The second-order valence-electron chi connectivity index (χ2n) is 10.4.